The molecule has 0 aromatic heterocycles. The highest BCUT2D eigenvalue weighted by Gasteiger charge is 2.34. The van der Waals surface area contributed by atoms with E-state index in [4.69, 9.17) is 25.8 Å². The standard InChI is InChI=1S/C23H23ClINO5S/c1-3-30-19-12-15(13-20-22(27)26(23(28)32-20)9-6-10-29-2)11-18(25)21(19)31-14-16-7-4-5-8-17(16)24/h4-5,7-8,11-13H,3,6,9-10,14H2,1-2H3/b20-13+. The molecule has 0 aliphatic carbocycles. The lowest BCUT2D eigenvalue weighted by molar-refractivity contribution is -0.122. The zero-order chi connectivity index (χ0) is 23.1. The Labute approximate surface area is 210 Å². The molecule has 2 amide bonds. The van der Waals surface area contributed by atoms with E-state index in [9.17, 15) is 9.59 Å². The first-order valence-electron chi connectivity index (χ1n) is 10.0. The molecule has 2 aromatic rings. The summed E-state index contributed by atoms with van der Waals surface area (Å²) in [5.41, 5.74) is 1.63. The predicted molar refractivity (Wildman–Crippen MR) is 135 cm³/mol. The molecule has 0 radical (unpaired) electrons. The molecule has 1 aliphatic rings. The number of methoxy groups -OCH3 is 1. The number of carbonyl (C=O) groups excluding carboxylic acids is 2. The van der Waals surface area contributed by atoms with Gasteiger partial charge in [0.15, 0.2) is 11.5 Å². The Bertz CT molecular complexity index is 1030. The van der Waals surface area contributed by atoms with E-state index in [0.29, 0.717) is 54.2 Å². The SMILES string of the molecule is CCOc1cc(/C=C2/SC(=O)N(CCCOC)C2=O)cc(I)c1OCc1ccccc1Cl. The van der Waals surface area contributed by atoms with Crippen molar-refractivity contribution >= 4 is 63.2 Å². The molecule has 0 spiro atoms. The minimum atomic E-state index is -0.289. The second-order valence-corrected chi connectivity index (χ2v) is 9.39. The monoisotopic (exact) mass is 587 g/mol. The number of carbonyl (C=O) groups is 2. The molecule has 170 valence electrons. The maximum atomic E-state index is 12.7. The topological polar surface area (TPSA) is 65.1 Å². The minimum Gasteiger partial charge on any atom is -0.490 e. The lowest BCUT2D eigenvalue weighted by Crippen LogP contribution is -2.29. The molecule has 32 heavy (non-hydrogen) atoms. The Morgan fingerprint density at radius 3 is 2.69 bits per heavy atom. The number of thioether (sulfide) groups is 1. The van der Waals surface area contributed by atoms with Crippen LogP contribution in [-0.2, 0) is 16.1 Å². The molecule has 1 aliphatic heterocycles. The first-order valence-corrected chi connectivity index (χ1v) is 12.3. The van der Waals surface area contributed by atoms with Gasteiger partial charge in [0.25, 0.3) is 11.1 Å². The van der Waals surface area contributed by atoms with E-state index in [1.54, 1.807) is 13.2 Å². The Kier molecular flexibility index (Phi) is 9.27. The summed E-state index contributed by atoms with van der Waals surface area (Å²) in [7, 11) is 1.59. The Hall–Kier alpha value is -1.75. The largest absolute Gasteiger partial charge is 0.490 e. The van der Waals surface area contributed by atoms with E-state index in [0.717, 1.165) is 26.5 Å². The van der Waals surface area contributed by atoms with Crippen LogP contribution in [0.25, 0.3) is 6.08 Å². The van der Waals surface area contributed by atoms with Crippen LogP contribution in [0.3, 0.4) is 0 Å². The lowest BCUT2D eigenvalue weighted by atomic mass is 10.1. The molecule has 1 fully saturated rings. The van der Waals surface area contributed by atoms with Gasteiger partial charge in [-0.25, -0.2) is 0 Å². The third-order valence-electron chi connectivity index (χ3n) is 4.56. The van der Waals surface area contributed by atoms with Crippen LogP contribution in [0.1, 0.15) is 24.5 Å². The zero-order valence-corrected chi connectivity index (χ0v) is 21.5. The van der Waals surface area contributed by atoms with Crippen LogP contribution in [-0.4, -0.2) is 42.9 Å². The van der Waals surface area contributed by atoms with E-state index in [-0.39, 0.29) is 11.1 Å². The molecule has 1 saturated heterocycles. The zero-order valence-electron chi connectivity index (χ0n) is 17.7. The first-order chi connectivity index (χ1) is 15.4. The number of amides is 2. The van der Waals surface area contributed by atoms with Gasteiger partial charge in [-0.2, -0.15) is 0 Å². The number of rotatable bonds is 10. The maximum Gasteiger partial charge on any atom is 0.293 e. The van der Waals surface area contributed by atoms with Crippen LogP contribution in [0.2, 0.25) is 5.02 Å². The number of halogens is 2. The quantitative estimate of drug-likeness (QED) is 0.193. The molecule has 0 N–H and O–H groups in total. The van der Waals surface area contributed by atoms with Gasteiger partial charge in [0.1, 0.15) is 6.61 Å². The summed E-state index contributed by atoms with van der Waals surface area (Å²) in [4.78, 5) is 26.6. The summed E-state index contributed by atoms with van der Waals surface area (Å²) in [6.07, 6.45) is 2.31. The van der Waals surface area contributed by atoms with Gasteiger partial charge in [0, 0.05) is 30.8 Å². The van der Waals surface area contributed by atoms with Crippen molar-refractivity contribution in [3.05, 3.63) is 61.0 Å². The third-order valence-corrected chi connectivity index (χ3v) is 6.64. The van der Waals surface area contributed by atoms with Gasteiger partial charge in [-0.05, 0) is 77.5 Å². The molecular weight excluding hydrogens is 565 g/mol. The summed E-state index contributed by atoms with van der Waals surface area (Å²) < 4.78 is 17.7. The highest BCUT2D eigenvalue weighted by atomic mass is 127. The molecule has 2 aromatic carbocycles. The van der Waals surface area contributed by atoms with E-state index < -0.39 is 0 Å². The molecule has 6 nitrogen and oxygen atoms in total. The number of benzene rings is 2. The normalized spacial score (nSPS) is 15.0. The van der Waals surface area contributed by atoms with Crippen molar-refractivity contribution in [3.8, 4) is 11.5 Å². The fraction of sp³-hybridized carbons (Fsp3) is 0.304. The summed E-state index contributed by atoms with van der Waals surface area (Å²) in [6, 6.07) is 11.2. The minimum absolute atomic E-state index is 0.267. The molecular formula is C23H23ClINO5S. The van der Waals surface area contributed by atoms with Gasteiger partial charge in [-0.3, -0.25) is 14.5 Å². The Balaban J connectivity index is 1.81. The number of hydrogen-bond acceptors (Lipinski definition) is 6. The molecule has 3 rings (SSSR count). The maximum absolute atomic E-state index is 12.7. The fourth-order valence-corrected chi connectivity index (χ4v) is 4.89. The van der Waals surface area contributed by atoms with Crippen LogP contribution in [0.4, 0.5) is 4.79 Å². The van der Waals surface area contributed by atoms with Crippen LogP contribution >= 0.6 is 46.0 Å². The van der Waals surface area contributed by atoms with Crippen LogP contribution in [0.5, 0.6) is 11.5 Å². The Morgan fingerprint density at radius 1 is 1.19 bits per heavy atom. The smallest absolute Gasteiger partial charge is 0.293 e. The average Bonchev–Trinajstić information content (AvgIpc) is 3.02. The van der Waals surface area contributed by atoms with Crippen LogP contribution < -0.4 is 9.47 Å². The summed E-state index contributed by atoms with van der Waals surface area (Å²) >= 11 is 9.35. The second kappa shape index (κ2) is 11.9. The van der Waals surface area contributed by atoms with Crippen molar-refractivity contribution in [2.45, 2.75) is 20.0 Å². The molecule has 0 bridgehead atoms. The summed E-state index contributed by atoms with van der Waals surface area (Å²) in [5, 5.41) is 0.370. The molecule has 0 unspecified atom stereocenters. The van der Waals surface area contributed by atoms with Gasteiger partial charge >= 0.3 is 0 Å². The summed E-state index contributed by atoms with van der Waals surface area (Å²) in [5.74, 6) is 0.886. The highest BCUT2D eigenvalue weighted by Crippen LogP contribution is 2.38. The van der Waals surface area contributed by atoms with Gasteiger partial charge in [-0.1, -0.05) is 29.8 Å². The van der Waals surface area contributed by atoms with Gasteiger partial charge < -0.3 is 14.2 Å². The van der Waals surface area contributed by atoms with E-state index in [1.807, 2.05) is 43.3 Å². The van der Waals surface area contributed by atoms with Crippen molar-refractivity contribution in [2.24, 2.45) is 0 Å². The van der Waals surface area contributed by atoms with Gasteiger partial charge in [-0.15, -0.1) is 0 Å². The van der Waals surface area contributed by atoms with Crippen LogP contribution in [0.15, 0.2) is 41.3 Å². The second-order valence-electron chi connectivity index (χ2n) is 6.82. The molecule has 1 heterocycles. The van der Waals surface area contributed by atoms with Crippen molar-refractivity contribution in [3.63, 3.8) is 0 Å². The van der Waals surface area contributed by atoms with Crippen molar-refractivity contribution in [1.82, 2.24) is 4.90 Å². The van der Waals surface area contributed by atoms with Crippen molar-refractivity contribution in [2.75, 3.05) is 26.9 Å². The number of hydrogen-bond donors (Lipinski definition) is 0. The molecule has 9 heteroatoms. The number of nitrogens with zero attached hydrogens (tertiary/aromatic N) is 1. The lowest BCUT2D eigenvalue weighted by Gasteiger charge is -2.15. The van der Waals surface area contributed by atoms with E-state index in [1.165, 1.54) is 4.90 Å². The van der Waals surface area contributed by atoms with Gasteiger partial charge in [0.2, 0.25) is 0 Å². The highest BCUT2D eigenvalue weighted by molar-refractivity contribution is 14.1. The molecule has 0 atom stereocenters. The fourth-order valence-electron chi connectivity index (χ4n) is 3.05. The van der Waals surface area contributed by atoms with Gasteiger partial charge in [0.05, 0.1) is 15.1 Å². The van der Waals surface area contributed by atoms with Crippen LogP contribution in [0, 0.1) is 3.57 Å². The first kappa shape index (κ1) is 24.9. The van der Waals surface area contributed by atoms with Crippen molar-refractivity contribution < 1.29 is 23.8 Å². The van der Waals surface area contributed by atoms with E-state index in [2.05, 4.69) is 22.6 Å². The molecule has 0 saturated carbocycles. The predicted octanol–water partition coefficient (Wildman–Crippen LogP) is 6.00. The Morgan fingerprint density at radius 2 is 1.97 bits per heavy atom. The van der Waals surface area contributed by atoms with E-state index >= 15 is 0 Å². The third kappa shape index (κ3) is 6.18. The number of ether oxygens (including phenoxy) is 3. The van der Waals surface area contributed by atoms with Crippen molar-refractivity contribution in [1.29, 1.82) is 0 Å². The number of imide groups is 1. The average molecular weight is 588 g/mol. The summed E-state index contributed by atoms with van der Waals surface area (Å²) in [6.45, 7) is 3.48.